The largest absolute Gasteiger partial charge is 0.484 e. The molecule has 0 N–H and O–H groups in total. The Bertz CT molecular complexity index is 685. The number of ether oxygens (including phenoxy) is 2. The van der Waals surface area contributed by atoms with Crippen LogP contribution in [0.25, 0.3) is 0 Å². The van der Waals surface area contributed by atoms with Gasteiger partial charge in [0.2, 0.25) is 5.91 Å². The fourth-order valence-electron chi connectivity index (χ4n) is 2.23. The number of hydrogen-bond acceptors (Lipinski definition) is 7. The van der Waals surface area contributed by atoms with E-state index in [4.69, 9.17) is 13.9 Å². The van der Waals surface area contributed by atoms with Gasteiger partial charge in [0.25, 0.3) is 11.1 Å². The van der Waals surface area contributed by atoms with Crippen molar-refractivity contribution in [1.82, 2.24) is 15.1 Å². The van der Waals surface area contributed by atoms with Crippen LogP contribution in [0, 0.1) is 6.92 Å². The molecule has 1 aliphatic rings. The standard InChI is InChI=1S/C16H19N3O4S/c1-12-3-2-4-13(9-12)22-10-14-17-18-16(23-14)24-11-15(20)19-5-7-21-8-6-19/h2-4,9H,5-8,10-11H2,1H3. The molecule has 24 heavy (non-hydrogen) atoms. The highest BCUT2D eigenvalue weighted by molar-refractivity contribution is 7.99. The second kappa shape index (κ2) is 8.16. The Morgan fingerprint density at radius 3 is 2.96 bits per heavy atom. The van der Waals surface area contributed by atoms with Crippen molar-refractivity contribution in [2.24, 2.45) is 0 Å². The number of thioether (sulfide) groups is 1. The smallest absolute Gasteiger partial charge is 0.277 e. The van der Waals surface area contributed by atoms with Crippen molar-refractivity contribution in [2.45, 2.75) is 18.8 Å². The Hall–Kier alpha value is -2.06. The highest BCUT2D eigenvalue weighted by Gasteiger charge is 2.18. The molecule has 0 saturated carbocycles. The number of carbonyl (C=O) groups is 1. The van der Waals surface area contributed by atoms with Crippen LogP contribution < -0.4 is 4.74 Å². The number of amides is 1. The van der Waals surface area contributed by atoms with E-state index in [1.54, 1.807) is 4.90 Å². The van der Waals surface area contributed by atoms with Crippen LogP contribution in [-0.2, 0) is 16.1 Å². The van der Waals surface area contributed by atoms with Crippen LogP contribution in [0.2, 0.25) is 0 Å². The van der Waals surface area contributed by atoms with Gasteiger partial charge in [0.1, 0.15) is 5.75 Å². The second-order valence-corrected chi connectivity index (χ2v) is 6.28. The molecule has 3 rings (SSSR count). The van der Waals surface area contributed by atoms with E-state index in [0.717, 1.165) is 11.3 Å². The van der Waals surface area contributed by atoms with Gasteiger partial charge in [-0.25, -0.2) is 0 Å². The fraction of sp³-hybridized carbons (Fsp3) is 0.438. The van der Waals surface area contributed by atoms with E-state index in [1.165, 1.54) is 11.8 Å². The van der Waals surface area contributed by atoms with E-state index in [2.05, 4.69) is 10.2 Å². The van der Waals surface area contributed by atoms with E-state index in [0.29, 0.717) is 37.4 Å². The van der Waals surface area contributed by atoms with E-state index in [1.807, 2.05) is 31.2 Å². The van der Waals surface area contributed by atoms with Crippen LogP contribution in [0.5, 0.6) is 5.75 Å². The number of morpholine rings is 1. The minimum absolute atomic E-state index is 0.0547. The van der Waals surface area contributed by atoms with Gasteiger partial charge in [-0.05, 0) is 24.6 Å². The van der Waals surface area contributed by atoms with Crippen molar-refractivity contribution < 1.29 is 18.7 Å². The van der Waals surface area contributed by atoms with E-state index in [9.17, 15) is 4.79 Å². The minimum Gasteiger partial charge on any atom is -0.484 e. The maximum Gasteiger partial charge on any atom is 0.277 e. The van der Waals surface area contributed by atoms with Gasteiger partial charge in [0, 0.05) is 13.1 Å². The number of nitrogens with zero attached hydrogens (tertiary/aromatic N) is 3. The van der Waals surface area contributed by atoms with Crippen LogP contribution in [0.4, 0.5) is 0 Å². The Morgan fingerprint density at radius 2 is 2.17 bits per heavy atom. The molecule has 0 atom stereocenters. The average molecular weight is 349 g/mol. The number of aryl methyl sites for hydroxylation is 1. The first-order valence-corrected chi connectivity index (χ1v) is 8.69. The van der Waals surface area contributed by atoms with Crippen molar-refractivity contribution >= 4 is 17.7 Å². The summed E-state index contributed by atoms with van der Waals surface area (Å²) in [6.07, 6.45) is 0. The van der Waals surface area contributed by atoms with Crippen molar-refractivity contribution in [2.75, 3.05) is 32.1 Å². The zero-order chi connectivity index (χ0) is 16.8. The van der Waals surface area contributed by atoms with E-state index >= 15 is 0 Å². The molecule has 128 valence electrons. The van der Waals surface area contributed by atoms with Gasteiger partial charge in [-0.3, -0.25) is 4.79 Å². The molecule has 7 nitrogen and oxygen atoms in total. The predicted octanol–water partition coefficient (Wildman–Crippen LogP) is 1.91. The summed E-state index contributed by atoms with van der Waals surface area (Å²) in [6, 6.07) is 7.74. The third kappa shape index (κ3) is 4.72. The number of hydrogen-bond donors (Lipinski definition) is 0. The summed E-state index contributed by atoms with van der Waals surface area (Å²) in [5.74, 6) is 1.47. The molecule has 0 unspecified atom stereocenters. The molecule has 2 heterocycles. The summed E-state index contributed by atoms with van der Waals surface area (Å²) in [4.78, 5) is 13.8. The molecular formula is C16H19N3O4S. The summed E-state index contributed by atoms with van der Waals surface area (Å²) < 4.78 is 16.3. The Labute approximate surface area is 144 Å². The van der Waals surface area contributed by atoms with Crippen molar-refractivity contribution in [1.29, 1.82) is 0 Å². The van der Waals surface area contributed by atoms with Crippen LogP contribution in [-0.4, -0.2) is 53.1 Å². The predicted molar refractivity (Wildman–Crippen MR) is 87.9 cm³/mol. The molecule has 0 bridgehead atoms. The molecule has 0 aliphatic carbocycles. The first-order chi connectivity index (χ1) is 11.7. The summed E-state index contributed by atoms with van der Waals surface area (Å²) in [7, 11) is 0. The highest BCUT2D eigenvalue weighted by atomic mass is 32.2. The van der Waals surface area contributed by atoms with Crippen LogP contribution in [0.15, 0.2) is 33.9 Å². The zero-order valence-corrected chi connectivity index (χ0v) is 14.3. The summed E-state index contributed by atoms with van der Waals surface area (Å²) in [5.41, 5.74) is 1.12. The average Bonchev–Trinajstić information content (AvgIpc) is 3.07. The molecule has 0 radical (unpaired) electrons. The molecule has 2 aromatic rings. The van der Waals surface area contributed by atoms with Crippen molar-refractivity contribution in [3.63, 3.8) is 0 Å². The SMILES string of the molecule is Cc1cccc(OCc2nnc(SCC(=O)N3CCOCC3)o2)c1. The van der Waals surface area contributed by atoms with Crippen LogP contribution >= 0.6 is 11.8 Å². The third-order valence-electron chi connectivity index (χ3n) is 3.48. The minimum atomic E-state index is 0.0547. The highest BCUT2D eigenvalue weighted by Crippen LogP contribution is 2.19. The van der Waals surface area contributed by atoms with Crippen LogP contribution in [0.1, 0.15) is 11.5 Å². The van der Waals surface area contributed by atoms with Gasteiger partial charge in [-0.15, -0.1) is 10.2 Å². The first-order valence-electron chi connectivity index (χ1n) is 7.71. The lowest BCUT2D eigenvalue weighted by atomic mass is 10.2. The van der Waals surface area contributed by atoms with Crippen LogP contribution in [0.3, 0.4) is 0 Å². The maximum atomic E-state index is 12.1. The zero-order valence-electron chi connectivity index (χ0n) is 13.4. The topological polar surface area (TPSA) is 77.7 Å². The van der Waals surface area contributed by atoms with E-state index in [-0.39, 0.29) is 18.3 Å². The lowest BCUT2D eigenvalue weighted by molar-refractivity contribution is -0.132. The Balaban J connectivity index is 1.45. The molecule has 1 fully saturated rings. The number of aromatic nitrogens is 2. The lowest BCUT2D eigenvalue weighted by Gasteiger charge is -2.26. The van der Waals surface area contributed by atoms with Gasteiger partial charge in [0.15, 0.2) is 6.61 Å². The molecule has 1 aromatic carbocycles. The van der Waals surface area contributed by atoms with Crippen molar-refractivity contribution in [3.8, 4) is 5.75 Å². The molecule has 8 heteroatoms. The monoisotopic (exact) mass is 349 g/mol. The fourth-order valence-corrected chi connectivity index (χ4v) is 2.92. The molecule has 1 aromatic heterocycles. The number of benzene rings is 1. The second-order valence-electron chi connectivity index (χ2n) is 5.35. The molecule has 0 spiro atoms. The first kappa shape index (κ1) is 16.8. The molecular weight excluding hydrogens is 330 g/mol. The Kier molecular flexibility index (Phi) is 5.71. The molecule has 1 saturated heterocycles. The summed E-state index contributed by atoms with van der Waals surface area (Å²) >= 11 is 1.24. The summed E-state index contributed by atoms with van der Waals surface area (Å²) in [5, 5.41) is 8.25. The Morgan fingerprint density at radius 1 is 1.33 bits per heavy atom. The van der Waals surface area contributed by atoms with E-state index < -0.39 is 0 Å². The normalized spacial score (nSPS) is 14.6. The van der Waals surface area contributed by atoms with Gasteiger partial charge in [-0.1, -0.05) is 23.9 Å². The number of rotatable bonds is 6. The maximum absolute atomic E-state index is 12.1. The quantitative estimate of drug-likeness (QED) is 0.737. The third-order valence-corrected chi connectivity index (χ3v) is 4.29. The molecule has 1 amide bonds. The van der Waals surface area contributed by atoms with Gasteiger partial charge in [0.05, 0.1) is 19.0 Å². The van der Waals surface area contributed by atoms with Crippen molar-refractivity contribution in [3.05, 3.63) is 35.7 Å². The lowest BCUT2D eigenvalue weighted by Crippen LogP contribution is -2.41. The molecule has 1 aliphatic heterocycles. The van der Waals surface area contributed by atoms with Gasteiger partial charge >= 0.3 is 0 Å². The van der Waals surface area contributed by atoms with Gasteiger partial charge < -0.3 is 18.8 Å². The summed E-state index contributed by atoms with van der Waals surface area (Å²) in [6.45, 7) is 4.67. The number of carbonyl (C=O) groups excluding carboxylic acids is 1. The van der Waals surface area contributed by atoms with Gasteiger partial charge in [-0.2, -0.15) is 0 Å².